The van der Waals surface area contributed by atoms with Crippen LogP contribution in [-0.4, -0.2) is 37.0 Å². The summed E-state index contributed by atoms with van der Waals surface area (Å²) in [4.78, 5) is 1.86. The maximum Gasteiger partial charge on any atom is 0.255 e. The van der Waals surface area contributed by atoms with Gasteiger partial charge in [-0.05, 0) is 5.56 Å². The van der Waals surface area contributed by atoms with Gasteiger partial charge in [-0.15, -0.1) is 12.4 Å². The van der Waals surface area contributed by atoms with Gasteiger partial charge in [-0.25, -0.2) is 8.78 Å². The Morgan fingerprint density at radius 2 is 2.00 bits per heavy atom. The molecule has 1 heterocycles. The Balaban J connectivity index is 0.00000144. The highest BCUT2D eigenvalue weighted by molar-refractivity contribution is 5.85. The van der Waals surface area contributed by atoms with Crippen molar-refractivity contribution in [3.8, 4) is 0 Å². The number of piperazine rings is 1. The van der Waals surface area contributed by atoms with Crippen molar-refractivity contribution in [1.29, 1.82) is 0 Å². The average Bonchev–Trinajstić information content (AvgIpc) is 2.31. The van der Waals surface area contributed by atoms with Crippen molar-refractivity contribution < 1.29 is 8.78 Å². The van der Waals surface area contributed by atoms with Crippen LogP contribution in [0.3, 0.4) is 0 Å². The fourth-order valence-corrected chi connectivity index (χ4v) is 2.03. The molecule has 0 saturated carbocycles. The van der Waals surface area contributed by atoms with Crippen molar-refractivity contribution in [3.63, 3.8) is 0 Å². The van der Waals surface area contributed by atoms with E-state index in [0.29, 0.717) is 19.6 Å². The monoisotopic (exact) mass is 262 g/mol. The summed E-state index contributed by atoms with van der Waals surface area (Å²) in [5, 5.41) is 3.01. The maximum atomic E-state index is 12.8. The largest absolute Gasteiger partial charge is 0.314 e. The molecule has 2 nitrogen and oxygen atoms in total. The fraction of sp³-hybridized carbons (Fsp3) is 0.500. The van der Waals surface area contributed by atoms with Crippen molar-refractivity contribution in [3.05, 3.63) is 35.9 Å². The Morgan fingerprint density at radius 1 is 1.29 bits per heavy atom. The van der Waals surface area contributed by atoms with Crippen LogP contribution in [0.15, 0.2) is 30.3 Å². The summed E-state index contributed by atoms with van der Waals surface area (Å²) in [6, 6.07) is 9.11. The molecule has 0 bridgehead atoms. The quantitative estimate of drug-likeness (QED) is 0.898. The van der Waals surface area contributed by atoms with Crippen LogP contribution < -0.4 is 5.32 Å². The Labute approximate surface area is 106 Å². The van der Waals surface area contributed by atoms with Crippen LogP contribution in [0.1, 0.15) is 5.56 Å². The molecule has 1 aromatic rings. The number of hydrogen-bond acceptors (Lipinski definition) is 2. The number of hydrogen-bond donors (Lipinski definition) is 1. The molecule has 1 aromatic carbocycles. The van der Waals surface area contributed by atoms with E-state index < -0.39 is 12.5 Å². The Morgan fingerprint density at radius 3 is 2.65 bits per heavy atom. The molecule has 1 atom stereocenters. The maximum absolute atomic E-state index is 12.8. The topological polar surface area (TPSA) is 15.3 Å². The molecule has 96 valence electrons. The van der Waals surface area contributed by atoms with E-state index >= 15 is 0 Å². The van der Waals surface area contributed by atoms with Crippen LogP contribution in [-0.2, 0) is 6.54 Å². The fourth-order valence-electron chi connectivity index (χ4n) is 2.03. The number of halogens is 3. The van der Waals surface area contributed by atoms with Gasteiger partial charge in [0.15, 0.2) is 0 Å². The van der Waals surface area contributed by atoms with Crippen molar-refractivity contribution in [2.45, 2.75) is 19.0 Å². The summed E-state index contributed by atoms with van der Waals surface area (Å²) in [5.41, 5.74) is 1.09. The molecule has 1 aliphatic heterocycles. The van der Waals surface area contributed by atoms with Gasteiger partial charge in [0.1, 0.15) is 0 Å². The second-order valence-corrected chi connectivity index (χ2v) is 4.06. The zero-order chi connectivity index (χ0) is 11.4. The molecule has 0 radical (unpaired) electrons. The molecule has 5 heteroatoms. The lowest BCUT2D eigenvalue weighted by Crippen LogP contribution is -2.53. The van der Waals surface area contributed by atoms with Crippen LogP contribution in [0.2, 0.25) is 0 Å². The minimum atomic E-state index is -2.28. The first-order valence-electron chi connectivity index (χ1n) is 5.54. The van der Waals surface area contributed by atoms with Gasteiger partial charge in [-0.2, -0.15) is 0 Å². The summed E-state index contributed by atoms with van der Waals surface area (Å²) >= 11 is 0. The number of alkyl halides is 2. The third-order valence-corrected chi connectivity index (χ3v) is 2.92. The highest BCUT2D eigenvalue weighted by atomic mass is 35.5. The van der Waals surface area contributed by atoms with Gasteiger partial charge in [-0.1, -0.05) is 30.3 Å². The first kappa shape index (κ1) is 14.4. The lowest BCUT2D eigenvalue weighted by atomic mass is 10.1. The van der Waals surface area contributed by atoms with E-state index in [2.05, 4.69) is 5.32 Å². The third-order valence-electron chi connectivity index (χ3n) is 2.92. The van der Waals surface area contributed by atoms with Gasteiger partial charge in [0.25, 0.3) is 6.43 Å². The molecule has 0 amide bonds. The predicted octanol–water partition coefficient (Wildman–Crippen LogP) is 2.15. The van der Waals surface area contributed by atoms with E-state index in [1.807, 2.05) is 35.2 Å². The van der Waals surface area contributed by atoms with Crippen molar-refractivity contribution in [1.82, 2.24) is 10.2 Å². The lowest BCUT2D eigenvalue weighted by molar-refractivity contribution is 0.00828. The van der Waals surface area contributed by atoms with Gasteiger partial charge in [-0.3, -0.25) is 4.90 Å². The molecule has 0 aromatic heterocycles. The van der Waals surface area contributed by atoms with Gasteiger partial charge in [0, 0.05) is 26.2 Å². The molecule has 0 spiro atoms. The van der Waals surface area contributed by atoms with Crippen LogP contribution >= 0.6 is 12.4 Å². The molecule has 0 aliphatic carbocycles. The first-order valence-corrected chi connectivity index (χ1v) is 5.54. The van der Waals surface area contributed by atoms with E-state index in [0.717, 1.165) is 12.1 Å². The van der Waals surface area contributed by atoms with Crippen LogP contribution in [0.25, 0.3) is 0 Å². The zero-order valence-electron chi connectivity index (χ0n) is 9.48. The highest BCUT2D eigenvalue weighted by Crippen LogP contribution is 2.15. The van der Waals surface area contributed by atoms with Gasteiger partial charge >= 0.3 is 0 Å². The summed E-state index contributed by atoms with van der Waals surface area (Å²) in [5.74, 6) is 0. The number of nitrogens with one attached hydrogen (secondary N) is 1. The number of benzene rings is 1. The molecule has 1 N–H and O–H groups in total. The highest BCUT2D eigenvalue weighted by Gasteiger charge is 2.29. The molecule has 17 heavy (non-hydrogen) atoms. The van der Waals surface area contributed by atoms with Crippen molar-refractivity contribution >= 4 is 12.4 Å². The predicted molar refractivity (Wildman–Crippen MR) is 66.8 cm³/mol. The standard InChI is InChI=1S/C12H16F2N2.ClH/c13-12(14)11-8-15-6-7-16(11)9-10-4-2-1-3-5-10;/h1-5,11-12,15H,6-9H2;1H. The zero-order valence-corrected chi connectivity index (χ0v) is 10.3. The van der Waals surface area contributed by atoms with E-state index in [9.17, 15) is 8.78 Å². The van der Waals surface area contributed by atoms with E-state index in [-0.39, 0.29) is 12.4 Å². The average molecular weight is 263 g/mol. The SMILES string of the molecule is Cl.FC(F)C1CNCCN1Cc1ccccc1. The molecule has 1 fully saturated rings. The van der Waals surface area contributed by atoms with Gasteiger partial charge < -0.3 is 5.32 Å². The van der Waals surface area contributed by atoms with Crippen molar-refractivity contribution in [2.75, 3.05) is 19.6 Å². The summed E-state index contributed by atoms with van der Waals surface area (Å²) in [6.45, 7) is 2.46. The van der Waals surface area contributed by atoms with Gasteiger partial charge in [0.2, 0.25) is 0 Å². The molecule has 1 unspecified atom stereocenters. The summed E-state index contributed by atoms with van der Waals surface area (Å²) in [6.07, 6.45) is -2.28. The Kier molecular flexibility index (Phi) is 5.82. The Bertz CT molecular complexity index is 322. The minimum Gasteiger partial charge on any atom is -0.314 e. The lowest BCUT2D eigenvalue weighted by Gasteiger charge is -2.35. The van der Waals surface area contributed by atoms with Gasteiger partial charge in [0.05, 0.1) is 6.04 Å². The second-order valence-electron chi connectivity index (χ2n) is 4.06. The van der Waals surface area contributed by atoms with Crippen LogP contribution in [0.5, 0.6) is 0 Å². The number of nitrogens with zero attached hydrogens (tertiary/aromatic N) is 1. The molecule has 2 rings (SSSR count). The number of rotatable bonds is 3. The molecular weight excluding hydrogens is 246 g/mol. The summed E-state index contributed by atoms with van der Waals surface area (Å²) < 4.78 is 25.6. The van der Waals surface area contributed by atoms with E-state index in [1.165, 1.54) is 0 Å². The normalized spacial score (nSPS) is 21.2. The molecule has 1 saturated heterocycles. The smallest absolute Gasteiger partial charge is 0.255 e. The van der Waals surface area contributed by atoms with E-state index in [1.54, 1.807) is 0 Å². The van der Waals surface area contributed by atoms with Crippen molar-refractivity contribution in [2.24, 2.45) is 0 Å². The third kappa shape index (κ3) is 3.91. The van der Waals surface area contributed by atoms with Crippen LogP contribution in [0, 0.1) is 0 Å². The molecular formula is C12H17ClF2N2. The molecule has 1 aliphatic rings. The van der Waals surface area contributed by atoms with E-state index in [4.69, 9.17) is 0 Å². The first-order chi connectivity index (χ1) is 7.77. The van der Waals surface area contributed by atoms with Crippen LogP contribution in [0.4, 0.5) is 8.78 Å². The Hall–Kier alpha value is -0.710. The second kappa shape index (κ2) is 6.89. The summed E-state index contributed by atoms with van der Waals surface area (Å²) in [7, 11) is 0. The minimum absolute atomic E-state index is 0.